The second kappa shape index (κ2) is 7.13. The molecule has 0 heterocycles. The first-order chi connectivity index (χ1) is 8.19. The van der Waals surface area contributed by atoms with Gasteiger partial charge >= 0.3 is 5.97 Å². The molecule has 0 aliphatic heterocycles. The molecule has 0 aromatic heterocycles. The van der Waals surface area contributed by atoms with Crippen LogP contribution in [-0.4, -0.2) is 19.1 Å². The highest BCUT2D eigenvalue weighted by Crippen LogP contribution is 2.36. The molecule has 0 radical (unpaired) electrons. The molecule has 0 spiro atoms. The third kappa shape index (κ3) is 4.97. The molecule has 0 aromatic rings. The molecule has 3 nitrogen and oxygen atoms in total. The fraction of sp³-hybridized carbons (Fsp3) is 0.933. The maximum atomic E-state index is 12.2. The minimum atomic E-state index is -0.513. The lowest BCUT2D eigenvalue weighted by atomic mass is 9.72. The van der Waals surface area contributed by atoms with Crippen LogP contribution in [0.25, 0.3) is 0 Å². The van der Waals surface area contributed by atoms with E-state index in [9.17, 15) is 4.79 Å². The van der Waals surface area contributed by atoms with Crippen LogP contribution in [0.15, 0.2) is 0 Å². The van der Waals surface area contributed by atoms with Gasteiger partial charge in [0.15, 0.2) is 0 Å². The topological polar surface area (TPSA) is 52.3 Å². The molecule has 1 unspecified atom stereocenters. The number of nitrogens with two attached hydrogens (primary N) is 1. The lowest BCUT2D eigenvalue weighted by Gasteiger charge is -2.34. The van der Waals surface area contributed by atoms with Crippen molar-refractivity contribution in [2.75, 3.05) is 13.2 Å². The molecule has 0 aromatic carbocycles. The van der Waals surface area contributed by atoms with Gasteiger partial charge < -0.3 is 10.5 Å². The number of hydrogen-bond acceptors (Lipinski definition) is 3. The first-order valence-electron chi connectivity index (χ1n) is 7.07. The number of esters is 1. The zero-order valence-electron chi connectivity index (χ0n) is 13.0. The molecule has 0 rings (SSSR count). The Balaban J connectivity index is 4.72. The van der Waals surface area contributed by atoms with Crippen molar-refractivity contribution in [1.29, 1.82) is 0 Å². The van der Waals surface area contributed by atoms with E-state index in [1.165, 1.54) is 0 Å². The third-order valence-corrected chi connectivity index (χ3v) is 3.70. The average Bonchev–Trinajstić information content (AvgIpc) is 2.22. The van der Waals surface area contributed by atoms with Crippen molar-refractivity contribution in [2.45, 2.75) is 60.8 Å². The highest BCUT2D eigenvalue weighted by atomic mass is 16.5. The maximum absolute atomic E-state index is 12.2. The summed E-state index contributed by atoms with van der Waals surface area (Å²) in [6.07, 6.45) is 2.93. The highest BCUT2D eigenvalue weighted by Gasteiger charge is 2.41. The Bertz CT molecular complexity index is 256. The van der Waals surface area contributed by atoms with Crippen LogP contribution >= 0.6 is 0 Å². The summed E-state index contributed by atoms with van der Waals surface area (Å²) in [6.45, 7) is 13.4. The van der Waals surface area contributed by atoms with Gasteiger partial charge in [-0.1, -0.05) is 41.0 Å². The van der Waals surface area contributed by atoms with E-state index >= 15 is 0 Å². The minimum Gasteiger partial charge on any atom is -0.466 e. The van der Waals surface area contributed by atoms with Crippen LogP contribution in [-0.2, 0) is 9.53 Å². The van der Waals surface area contributed by atoms with Crippen molar-refractivity contribution in [3.63, 3.8) is 0 Å². The van der Waals surface area contributed by atoms with E-state index in [0.29, 0.717) is 18.6 Å². The Kier molecular flexibility index (Phi) is 6.90. The normalized spacial score (nSPS) is 15.6. The van der Waals surface area contributed by atoms with Crippen LogP contribution in [0.1, 0.15) is 60.8 Å². The predicted octanol–water partition coefficient (Wildman–Crippen LogP) is 3.37. The fourth-order valence-corrected chi connectivity index (χ4v) is 2.26. The summed E-state index contributed by atoms with van der Waals surface area (Å²) < 4.78 is 5.22. The molecule has 0 fully saturated rings. The SMILES string of the molecule is CCOC(=O)C(CN)(CCCC(C)(C)C)C(C)C. The Hall–Kier alpha value is -0.570. The first kappa shape index (κ1) is 17.4. The standard InChI is InChI=1S/C15H31NO2/c1-7-18-13(17)15(11-16,12(2)3)10-8-9-14(4,5)6/h12H,7-11,16H2,1-6H3. The van der Waals surface area contributed by atoms with Gasteiger partial charge in [-0.2, -0.15) is 0 Å². The van der Waals surface area contributed by atoms with Crippen molar-refractivity contribution in [3.05, 3.63) is 0 Å². The predicted molar refractivity (Wildman–Crippen MR) is 76.3 cm³/mol. The van der Waals surface area contributed by atoms with Crippen LogP contribution in [0.5, 0.6) is 0 Å². The van der Waals surface area contributed by atoms with Crippen LogP contribution in [0, 0.1) is 16.7 Å². The van der Waals surface area contributed by atoms with Gasteiger partial charge in [0.05, 0.1) is 12.0 Å². The number of carbonyl (C=O) groups excluding carboxylic acids is 1. The summed E-state index contributed by atoms with van der Waals surface area (Å²) in [5, 5.41) is 0. The molecule has 0 amide bonds. The minimum absolute atomic E-state index is 0.128. The number of rotatable bonds is 7. The van der Waals surface area contributed by atoms with E-state index in [1.54, 1.807) is 0 Å². The molecular formula is C15H31NO2. The van der Waals surface area contributed by atoms with Crippen LogP contribution < -0.4 is 5.73 Å². The molecule has 0 bridgehead atoms. The van der Waals surface area contributed by atoms with Gasteiger partial charge in [0.1, 0.15) is 0 Å². The van der Waals surface area contributed by atoms with E-state index in [-0.39, 0.29) is 11.9 Å². The van der Waals surface area contributed by atoms with Crippen LogP contribution in [0.4, 0.5) is 0 Å². The van der Waals surface area contributed by atoms with Crippen molar-refractivity contribution in [2.24, 2.45) is 22.5 Å². The van der Waals surface area contributed by atoms with Gasteiger partial charge in [-0.05, 0) is 31.1 Å². The molecule has 0 saturated carbocycles. The van der Waals surface area contributed by atoms with Crippen molar-refractivity contribution < 1.29 is 9.53 Å². The summed E-state index contributed by atoms with van der Waals surface area (Å²) in [5.41, 5.74) is 5.67. The van der Waals surface area contributed by atoms with E-state index in [4.69, 9.17) is 10.5 Å². The van der Waals surface area contributed by atoms with Crippen molar-refractivity contribution in [3.8, 4) is 0 Å². The van der Waals surface area contributed by atoms with E-state index in [2.05, 4.69) is 34.6 Å². The Morgan fingerprint density at radius 2 is 1.78 bits per heavy atom. The summed E-state index contributed by atoms with van der Waals surface area (Å²) in [7, 11) is 0. The molecule has 2 N–H and O–H groups in total. The zero-order valence-corrected chi connectivity index (χ0v) is 13.0. The van der Waals surface area contributed by atoms with E-state index < -0.39 is 5.41 Å². The van der Waals surface area contributed by atoms with Crippen LogP contribution in [0.2, 0.25) is 0 Å². The first-order valence-corrected chi connectivity index (χ1v) is 7.07. The summed E-state index contributed by atoms with van der Waals surface area (Å²) in [4.78, 5) is 12.2. The summed E-state index contributed by atoms with van der Waals surface area (Å²) in [6, 6.07) is 0. The number of ether oxygens (including phenoxy) is 1. The summed E-state index contributed by atoms with van der Waals surface area (Å²) >= 11 is 0. The number of carbonyl (C=O) groups is 1. The molecule has 0 aliphatic carbocycles. The lowest BCUT2D eigenvalue weighted by Crippen LogP contribution is -2.44. The monoisotopic (exact) mass is 257 g/mol. The number of hydrogen-bond donors (Lipinski definition) is 1. The Morgan fingerprint density at radius 3 is 2.11 bits per heavy atom. The molecule has 18 heavy (non-hydrogen) atoms. The highest BCUT2D eigenvalue weighted by molar-refractivity contribution is 5.77. The average molecular weight is 257 g/mol. The van der Waals surface area contributed by atoms with Gasteiger partial charge in [0.25, 0.3) is 0 Å². The van der Waals surface area contributed by atoms with Gasteiger partial charge in [-0.25, -0.2) is 0 Å². The largest absolute Gasteiger partial charge is 0.466 e. The third-order valence-electron chi connectivity index (χ3n) is 3.70. The lowest BCUT2D eigenvalue weighted by molar-refractivity contribution is -0.158. The molecular weight excluding hydrogens is 226 g/mol. The molecule has 3 heteroatoms. The Labute approximate surface area is 112 Å². The van der Waals surface area contributed by atoms with Gasteiger partial charge in [-0.15, -0.1) is 0 Å². The van der Waals surface area contributed by atoms with Gasteiger partial charge in [0.2, 0.25) is 0 Å². The fourth-order valence-electron chi connectivity index (χ4n) is 2.26. The van der Waals surface area contributed by atoms with E-state index in [1.807, 2.05) is 6.92 Å². The van der Waals surface area contributed by atoms with Crippen LogP contribution in [0.3, 0.4) is 0 Å². The second-order valence-electron chi connectivity index (χ2n) is 6.65. The zero-order chi connectivity index (χ0) is 14.4. The maximum Gasteiger partial charge on any atom is 0.313 e. The van der Waals surface area contributed by atoms with E-state index in [0.717, 1.165) is 19.3 Å². The summed E-state index contributed by atoms with van der Waals surface area (Å²) in [5.74, 6) is 0.0814. The molecule has 0 aliphatic rings. The van der Waals surface area contributed by atoms with Crippen molar-refractivity contribution in [1.82, 2.24) is 0 Å². The Morgan fingerprint density at radius 1 is 1.22 bits per heavy atom. The molecule has 1 atom stereocenters. The smallest absolute Gasteiger partial charge is 0.313 e. The quantitative estimate of drug-likeness (QED) is 0.711. The second-order valence-corrected chi connectivity index (χ2v) is 6.65. The van der Waals surface area contributed by atoms with Gasteiger partial charge in [0, 0.05) is 6.54 Å². The van der Waals surface area contributed by atoms with Gasteiger partial charge in [-0.3, -0.25) is 4.79 Å². The molecule has 108 valence electrons. The van der Waals surface area contributed by atoms with Crippen molar-refractivity contribution >= 4 is 5.97 Å². The molecule has 0 saturated heterocycles.